The van der Waals surface area contributed by atoms with Crippen molar-refractivity contribution >= 4 is 39.0 Å². The van der Waals surface area contributed by atoms with Crippen LogP contribution in [-0.2, 0) is 16.1 Å². The van der Waals surface area contributed by atoms with Crippen molar-refractivity contribution in [3.63, 3.8) is 0 Å². The number of hydrogen-bond donors (Lipinski definition) is 1. The summed E-state index contributed by atoms with van der Waals surface area (Å²) in [4.78, 5) is 28.0. The van der Waals surface area contributed by atoms with Crippen LogP contribution >= 0.6 is 15.9 Å². The van der Waals surface area contributed by atoms with Gasteiger partial charge in [-0.3, -0.25) is 14.5 Å². The molecule has 1 aliphatic heterocycles. The molecule has 1 aliphatic rings. The van der Waals surface area contributed by atoms with Crippen molar-refractivity contribution in [2.75, 3.05) is 12.4 Å². The van der Waals surface area contributed by atoms with E-state index in [1.54, 1.807) is 19.2 Å². The monoisotopic (exact) mass is 462 g/mol. The number of rotatable bonds is 6. The van der Waals surface area contributed by atoms with Gasteiger partial charge in [0.05, 0.1) is 19.2 Å². The summed E-state index contributed by atoms with van der Waals surface area (Å²) in [7, 11) is 1.55. The first-order chi connectivity index (χ1) is 14.6. The minimum atomic E-state index is -0.371. The second kappa shape index (κ2) is 8.55. The van der Waals surface area contributed by atoms with E-state index in [2.05, 4.69) is 21.2 Å². The fraction of sp³-hybridized carbons (Fsp3) is 0.0833. The molecule has 0 aliphatic carbocycles. The number of imide groups is 1. The molecule has 0 radical (unpaired) electrons. The lowest BCUT2D eigenvalue weighted by atomic mass is 10.0. The Morgan fingerprint density at radius 3 is 2.37 bits per heavy atom. The second-order valence-corrected chi connectivity index (χ2v) is 7.68. The van der Waals surface area contributed by atoms with Gasteiger partial charge in [0, 0.05) is 15.7 Å². The van der Waals surface area contributed by atoms with Gasteiger partial charge in [-0.2, -0.15) is 0 Å². The summed E-state index contributed by atoms with van der Waals surface area (Å²) in [6.45, 7) is 0.195. The minimum Gasteiger partial charge on any atom is -0.496 e. The number of halogens is 1. The average molecular weight is 463 g/mol. The van der Waals surface area contributed by atoms with Crippen LogP contribution in [0.5, 0.6) is 5.75 Å². The van der Waals surface area contributed by atoms with E-state index >= 15 is 0 Å². The largest absolute Gasteiger partial charge is 0.496 e. The van der Waals surface area contributed by atoms with Crippen LogP contribution in [0.2, 0.25) is 0 Å². The van der Waals surface area contributed by atoms with Crippen LogP contribution in [0.3, 0.4) is 0 Å². The van der Waals surface area contributed by atoms with Crippen molar-refractivity contribution in [2.45, 2.75) is 6.54 Å². The zero-order chi connectivity index (χ0) is 21.1. The third-order valence-electron chi connectivity index (χ3n) is 4.82. The maximum Gasteiger partial charge on any atom is 0.278 e. The van der Waals surface area contributed by atoms with Crippen LogP contribution in [-0.4, -0.2) is 23.8 Å². The van der Waals surface area contributed by atoms with E-state index in [1.807, 2.05) is 66.7 Å². The number of anilines is 1. The molecule has 0 bridgehead atoms. The zero-order valence-corrected chi connectivity index (χ0v) is 17.8. The van der Waals surface area contributed by atoms with Crippen LogP contribution in [0.25, 0.3) is 5.57 Å². The highest BCUT2D eigenvalue weighted by Gasteiger charge is 2.40. The smallest absolute Gasteiger partial charge is 0.278 e. The Bertz CT molecular complexity index is 1140. The maximum atomic E-state index is 13.4. The average Bonchev–Trinajstić information content (AvgIpc) is 2.98. The molecule has 2 amide bonds. The molecular formula is C24H19BrN2O3. The number of benzene rings is 3. The van der Waals surface area contributed by atoms with Crippen LogP contribution in [0.15, 0.2) is 89.0 Å². The van der Waals surface area contributed by atoms with Crippen LogP contribution < -0.4 is 10.1 Å². The quantitative estimate of drug-likeness (QED) is 0.531. The summed E-state index contributed by atoms with van der Waals surface area (Å²) in [5.41, 5.74) is 2.69. The molecule has 0 atom stereocenters. The lowest BCUT2D eigenvalue weighted by Gasteiger charge is -2.15. The number of nitrogens with zero attached hydrogens (tertiary/aromatic N) is 1. The van der Waals surface area contributed by atoms with E-state index in [-0.39, 0.29) is 24.1 Å². The van der Waals surface area contributed by atoms with Gasteiger partial charge in [-0.1, -0.05) is 70.5 Å². The van der Waals surface area contributed by atoms with E-state index < -0.39 is 0 Å². The van der Waals surface area contributed by atoms with E-state index in [4.69, 9.17) is 4.74 Å². The van der Waals surface area contributed by atoms with E-state index in [0.717, 1.165) is 10.0 Å². The van der Waals surface area contributed by atoms with Crippen molar-refractivity contribution in [3.8, 4) is 5.75 Å². The molecule has 0 unspecified atom stereocenters. The fourth-order valence-electron chi connectivity index (χ4n) is 3.41. The number of carbonyl (C=O) groups excluding carboxylic acids is 2. The third-order valence-corrected chi connectivity index (χ3v) is 5.32. The zero-order valence-electron chi connectivity index (χ0n) is 16.3. The maximum absolute atomic E-state index is 13.4. The van der Waals surface area contributed by atoms with Crippen molar-refractivity contribution in [2.24, 2.45) is 0 Å². The molecule has 6 heteroatoms. The summed E-state index contributed by atoms with van der Waals surface area (Å²) in [6, 6.07) is 24.1. The molecule has 0 aromatic heterocycles. The van der Waals surface area contributed by atoms with Gasteiger partial charge in [0.15, 0.2) is 0 Å². The topological polar surface area (TPSA) is 58.6 Å². The molecule has 4 rings (SSSR count). The fourth-order valence-corrected chi connectivity index (χ4v) is 3.81. The molecule has 5 nitrogen and oxygen atoms in total. The molecule has 3 aromatic rings. The SMILES string of the molecule is COc1ccccc1C1=C(Nc2cccc(Br)c2)C(=O)N(Cc2ccccc2)C1=O. The van der Waals surface area contributed by atoms with Gasteiger partial charge in [0.2, 0.25) is 0 Å². The third kappa shape index (κ3) is 3.86. The summed E-state index contributed by atoms with van der Waals surface area (Å²) in [5, 5.41) is 3.16. The van der Waals surface area contributed by atoms with Gasteiger partial charge < -0.3 is 10.1 Å². The highest BCUT2D eigenvalue weighted by atomic mass is 79.9. The lowest BCUT2D eigenvalue weighted by Crippen LogP contribution is -2.32. The molecule has 1 N–H and O–H groups in total. The molecule has 1 heterocycles. The van der Waals surface area contributed by atoms with Crippen LogP contribution in [0.1, 0.15) is 11.1 Å². The molecule has 150 valence electrons. The van der Waals surface area contributed by atoms with Crippen molar-refractivity contribution in [1.29, 1.82) is 0 Å². The lowest BCUT2D eigenvalue weighted by molar-refractivity contribution is -0.137. The number of carbonyl (C=O) groups is 2. The number of hydrogen-bond acceptors (Lipinski definition) is 4. The summed E-state index contributed by atoms with van der Waals surface area (Å²) in [5.74, 6) is -0.195. The molecule has 0 saturated heterocycles. The Kier molecular flexibility index (Phi) is 5.68. The number of amides is 2. The standard InChI is InChI=1S/C24H19BrN2O3/c1-30-20-13-6-5-12-19(20)21-22(26-18-11-7-10-17(25)14-18)24(29)27(23(21)28)15-16-8-3-2-4-9-16/h2-14,26H,15H2,1H3. The molecule has 3 aromatic carbocycles. The van der Waals surface area contributed by atoms with Crippen molar-refractivity contribution in [3.05, 3.63) is 100 Å². The predicted octanol–water partition coefficient (Wildman–Crippen LogP) is 4.85. The van der Waals surface area contributed by atoms with E-state index in [1.165, 1.54) is 4.90 Å². The number of para-hydroxylation sites is 1. The number of methoxy groups -OCH3 is 1. The molecular weight excluding hydrogens is 444 g/mol. The van der Waals surface area contributed by atoms with Gasteiger partial charge in [-0.15, -0.1) is 0 Å². The Morgan fingerprint density at radius 1 is 0.900 bits per heavy atom. The molecule has 0 fully saturated rings. The first-order valence-electron chi connectivity index (χ1n) is 9.39. The Balaban J connectivity index is 1.79. The number of nitrogens with one attached hydrogen (secondary N) is 1. The van der Waals surface area contributed by atoms with E-state index in [0.29, 0.717) is 22.6 Å². The predicted molar refractivity (Wildman–Crippen MR) is 120 cm³/mol. The Labute approximate surface area is 183 Å². The highest BCUT2D eigenvalue weighted by molar-refractivity contribution is 9.10. The van der Waals surface area contributed by atoms with Gasteiger partial charge in [0.25, 0.3) is 11.8 Å². The van der Waals surface area contributed by atoms with Gasteiger partial charge in [-0.25, -0.2) is 0 Å². The van der Waals surface area contributed by atoms with E-state index in [9.17, 15) is 9.59 Å². The van der Waals surface area contributed by atoms with Crippen molar-refractivity contribution < 1.29 is 14.3 Å². The summed E-state index contributed by atoms with van der Waals surface area (Å²) in [6.07, 6.45) is 0. The Morgan fingerprint density at radius 2 is 1.63 bits per heavy atom. The number of ether oxygens (including phenoxy) is 1. The molecule has 30 heavy (non-hydrogen) atoms. The van der Waals surface area contributed by atoms with Gasteiger partial charge in [-0.05, 0) is 29.8 Å². The van der Waals surface area contributed by atoms with Gasteiger partial charge in [0.1, 0.15) is 11.4 Å². The first kappa shape index (κ1) is 19.9. The van der Waals surface area contributed by atoms with Crippen LogP contribution in [0, 0.1) is 0 Å². The summed E-state index contributed by atoms with van der Waals surface area (Å²) < 4.78 is 6.33. The first-order valence-corrected chi connectivity index (χ1v) is 10.2. The molecule has 0 spiro atoms. The second-order valence-electron chi connectivity index (χ2n) is 6.77. The normalized spacial score (nSPS) is 13.7. The Hall–Kier alpha value is -3.38. The highest BCUT2D eigenvalue weighted by Crippen LogP contribution is 2.36. The minimum absolute atomic E-state index is 0.195. The van der Waals surface area contributed by atoms with Crippen molar-refractivity contribution in [1.82, 2.24) is 4.90 Å². The molecule has 0 saturated carbocycles. The summed E-state index contributed by atoms with van der Waals surface area (Å²) >= 11 is 3.44. The van der Waals surface area contributed by atoms with Gasteiger partial charge >= 0.3 is 0 Å². The van der Waals surface area contributed by atoms with Crippen LogP contribution in [0.4, 0.5) is 5.69 Å².